The van der Waals surface area contributed by atoms with E-state index in [1.165, 1.54) is 12.1 Å². The maximum Gasteiger partial charge on any atom is 0.127 e. The van der Waals surface area contributed by atoms with Crippen molar-refractivity contribution in [2.45, 2.75) is 6.10 Å². The van der Waals surface area contributed by atoms with Crippen molar-refractivity contribution < 1.29 is 14.2 Å². The lowest BCUT2D eigenvalue weighted by atomic mass is 10.1. The predicted octanol–water partition coefficient (Wildman–Crippen LogP) is 3.54. The van der Waals surface area contributed by atoms with Crippen molar-refractivity contribution >= 4 is 16.5 Å². The van der Waals surface area contributed by atoms with Gasteiger partial charge in [-0.2, -0.15) is 0 Å². The van der Waals surface area contributed by atoms with E-state index < -0.39 is 6.10 Å². The Bertz CT molecular complexity index is 903. The van der Waals surface area contributed by atoms with Gasteiger partial charge >= 0.3 is 0 Å². The van der Waals surface area contributed by atoms with E-state index in [1.807, 2.05) is 42.5 Å². The minimum atomic E-state index is -0.545. The predicted molar refractivity (Wildman–Crippen MR) is 111 cm³/mol. The maximum absolute atomic E-state index is 13.1. The molecular formula is C23H25FN2O2. The van der Waals surface area contributed by atoms with E-state index in [1.54, 1.807) is 0 Å². The number of rotatable bonds is 6. The first-order valence-electron chi connectivity index (χ1n) is 9.70. The summed E-state index contributed by atoms with van der Waals surface area (Å²) in [5.74, 6) is 0.593. The molecule has 0 aliphatic carbocycles. The molecule has 1 N–H and O–H groups in total. The molecule has 0 saturated carbocycles. The van der Waals surface area contributed by atoms with Crippen molar-refractivity contribution in [1.29, 1.82) is 0 Å². The van der Waals surface area contributed by atoms with E-state index in [4.69, 9.17) is 4.74 Å². The number of piperazine rings is 1. The zero-order valence-corrected chi connectivity index (χ0v) is 15.8. The second-order valence-electron chi connectivity index (χ2n) is 7.21. The molecule has 0 radical (unpaired) electrons. The highest BCUT2D eigenvalue weighted by molar-refractivity contribution is 5.88. The number of aliphatic hydroxyl groups is 1. The van der Waals surface area contributed by atoms with Crippen LogP contribution in [0.3, 0.4) is 0 Å². The summed E-state index contributed by atoms with van der Waals surface area (Å²) >= 11 is 0. The molecule has 1 aliphatic heterocycles. The van der Waals surface area contributed by atoms with E-state index in [0.717, 1.165) is 48.4 Å². The molecule has 1 saturated heterocycles. The lowest BCUT2D eigenvalue weighted by Gasteiger charge is -2.36. The van der Waals surface area contributed by atoms with Crippen LogP contribution in [0, 0.1) is 5.82 Å². The minimum absolute atomic E-state index is 0.211. The SMILES string of the molecule is O[C@H](COc1cccc2ccccc12)CN1CCN(c2ccc(F)cc2)CC1. The summed E-state index contributed by atoms with van der Waals surface area (Å²) in [4.78, 5) is 4.49. The molecule has 4 rings (SSSR count). The number of benzene rings is 3. The van der Waals surface area contributed by atoms with Crippen molar-refractivity contribution in [1.82, 2.24) is 4.90 Å². The Balaban J connectivity index is 1.26. The van der Waals surface area contributed by atoms with Gasteiger partial charge in [-0.05, 0) is 35.7 Å². The first-order valence-corrected chi connectivity index (χ1v) is 9.70. The lowest BCUT2D eigenvalue weighted by Crippen LogP contribution is -2.49. The molecule has 3 aromatic carbocycles. The Morgan fingerprint density at radius 2 is 1.61 bits per heavy atom. The number of anilines is 1. The summed E-state index contributed by atoms with van der Waals surface area (Å²) in [6.07, 6.45) is -0.545. The van der Waals surface area contributed by atoms with Crippen LogP contribution in [0.15, 0.2) is 66.7 Å². The van der Waals surface area contributed by atoms with E-state index in [9.17, 15) is 9.50 Å². The van der Waals surface area contributed by atoms with Crippen LogP contribution < -0.4 is 9.64 Å². The number of ether oxygens (including phenoxy) is 1. The molecule has 1 heterocycles. The summed E-state index contributed by atoms with van der Waals surface area (Å²) in [6.45, 7) is 4.31. The number of nitrogens with zero attached hydrogens (tertiary/aromatic N) is 2. The minimum Gasteiger partial charge on any atom is -0.490 e. The molecule has 4 nitrogen and oxygen atoms in total. The highest BCUT2D eigenvalue weighted by atomic mass is 19.1. The third-order valence-corrected chi connectivity index (χ3v) is 5.21. The van der Waals surface area contributed by atoms with Gasteiger partial charge in [0.15, 0.2) is 0 Å². The molecule has 1 atom stereocenters. The molecule has 0 spiro atoms. The fourth-order valence-electron chi connectivity index (χ4n) is 3.70. The summed E-state index contributed by atoms with van der Waals surface area (Å²) in [7, 11) is 0. The summed E-state index contributed by atoms with van der Waals surface area (Å²) < 4.78 is 19.0. The molecule has 28 heavy (non-hydrogen) atoms. The Labute approximate surface area is 164 Å². The zero-order chi connectivity index (χ0) is 19.3. The third kappa shape index (κ3) is 4.43. The third-order valence-electron chi connectivity index (χ3n) is 5.21. The van der Waals surface area contributed by atoms with E-state index >= 15 is 0 Å². The van der Waals surface area contributed by atoms with Crippen molar-refractivity contribution in [3.8, 4) is 5.75 Å². The normalized spacial score (nSPS) is 16.3. The molecule has 146 valence electrons. The van der Waals surface area contributed by atoms with Gasteiger partial charge in [0.25, 0.3) is 0 Å². The average Bonchev–Trinajstić information content (AvgIpc) is 2.73. The lowest BCUT2D eigenvalue weighted by molar-refractivity contribution is 0.0668. The molecule has 0 aromatic heterocycles. The smallest absolute Gasteiger partial charge is 0.127 e. The first kappa shape index (κ1) is 18.7. The van der Waals surface area contributed by atoms with Gasteiger partial charge in [-0.1, -0.05) is 36.4 Å². The van der Waals surface area contributed by atoms with E-state index in [-0.39, 0.29) is 12.4 Å². The molecule has 5 heteroatoms. The second kappa shape index (κ2) is 8.59. The van der Waals surface area contributed by atoms with Gasteiger partial charge in [-0.25, -0.2) is 4.39 Å². The van der Waals surface area contributed by atoms with E-state index in [2.05, 4.69) is 21.9 Å². The molecule has 0 bridgehead atoms. The fraction of sp³-hybridized carbons (Fsp3) is 0.304. The average molecular weight is 380 g/mol. The molecule has 0 unspecified atom stereocenters. The number of hydrogen-bond acceptors (Lipinski definition) is 4. The maximum atomic E-state index is 13.1. The van der Waals surface area contributed by atoms with Crippen LogP contribution in [0.25, 0.3) is 10.8 Å². The van der Waals surface area contributed by atoms with Crippen LogP contribution in [0.4, 0.5) is 10.1 Å². The molecular weight excluding hydrogens is 355 g/mol. The summed E-state index contributed by atoms with van der Waals surface area (Å²) in [5.41, 5.74) is 1.04. The van der Waals surface area contributed by atoms with Crippen LogP contribution in [-0.2, 0) is 0 Å². The Morgan fingerprint density at radius 3 is 2.39 bits per heavy atom. The Hall–Kier alpha value is -2.63. The fourth-order valence-corrected chi connectivity index (χ4v) is 3.70. The van der Waals surface area contributed by atoms with E-state index in [0.29, 0.717) is 6.54 Å². The topological polar surface area (TPSA) is 35.9 Å². The van der Waals surface area contributed by atoms with Gasteiger partial charge in [0.2, 0.25) is 0 Å². The Morgan fingerprint density at radius 1 is 0.893 bits per heavy atom. The zero-order valence-electron chi connectivity index (χ0n) is 15.8. The Kier molecular flexibility index (Phi) is 5.74. The van der Waals surface area contributed by atoms with Crippen molar-refractivity contribution in [3.63, 3.8) is 0 Å². The number of hydrogen-bond donors (Lipinski definition) is 1. The van der Waals surface area contributed by atoms with Gasteiger partial charge in [0, 0.05) is 43.8 Å². The molecule has 0 amide bonds. The van der Waals surface area contributed by atoms with Crippen molar-refractivity contribution in [3.05, 3.63) is 72.5 Å². The van der Waals surface area contributed by atoms with Crippen molar-refractivity contribution in [2.24, 2.45) is 0 Å². The van der Waals surface area contributed by atoms with Crippen LogP contribution in [0.2, 0.25) is 0 Å². The van der Waals surface area contributed by atoms with Crippen LogP contribution in [0.5, 0.6) is 5.75 Å². The quantitative estimate of drug-likeness (QED) is 0.710. The molecule has 1 fully saturated rings. The standard InChI is InChI=1S/C23H25FN2O2/c24-19-8-10-20(11-9-19)26-14-12-25(13-15-26)16-21(27)17-28-23-7-3-5-18-4-1-2-6-22(18)23/h1-11,21,27H,12-17H2/t21-/m0/s1. The van der Waals surface area contributed by atoms with Crippen LogP contribution >= 0.6 is 0 Å². The largest absolute Gasteiger partial charge is 0.490 e. The van der Waals surface area contributed by atoms with Gasteiger partial charge in [-0.15, -0.1) is 0 Å². The van der Waals surface area contributed by atoms with Gasteiger partial charge in [0.1, 0.15) is 24.3 Å². The van der Waals surface area contributed by atoms with Gasteiger partial charge in [-0.3, -0.25) is 4.90 Å². The number of aliphatic hydroxyl groups excluding tert-OH is 1. The number of fused-ring (bicyclic) bond motifs is 1. The van der Waals surface area contributed by atoms with Crippen LogP contribution in [0.1, 0.15) is 0 Å². The van der Waals surface area contributed by atoms with Crippen LogP contribution in [-0.4, -0.2) is 55.4 Å². The highest BCUT2D eigenvalue weighted by Gasteiger charge is 2.20. The molecule has 1 aliphatic rings. The summed E-state index contributed by atoms with van der Waals surface area (Å²) in [6, 6.07) is 20.7. The number of β-amino-alcohol motifs (C(OH)–C–C–N with tert-alkyl or cyclic N) is 1. The second-order valence-corrected chi connectivity index (χ2v) is 7.21. The number of halogens is 1. The van der Waals surface area contributed by atoms with Crippen molar-refractivity contribution in [2.75, 3.05) is 44.2 Å². The highest BCUT2D eigenvalue weighted by Crippen LogP contribution is 2.25. The molecule has 3 aromatic rings. The monoisotopic (exact) mass is 380 g/mol. The van der Waals surface area contributed by atoms with Gasteiger partial charge in [0.05, 0.1) is 0 Å². The summed E-state index contributed by atoms with van der Waals surface area (Å²) in [5, 5.41) is 12.6. The van der Waals surface area contributed by atoms with Gasteiger partial charge < -0.3 is 14.7 Å². The first-order chi connectivity index (χ1) is 13.7.